The molecule has 2 heterocycles. The second-order valence-corrected chi connectivity index (χ2v) is 10.1. The fourth-order valence-corrected chi connectivity index (χ4v) is 5.35. The number of ether oxygens (including phenoxy) is 3. The zero-order chi connectivity index (χ0) is 26.3. The molecule has 3 atom stereocenters. The molecule has 5 rings (SSSR count). The molecule has 0 saturated heterocycles. The predicted molar refractivity (Wildman–Crippen MR) is 135 cm³/mol. The fraction of sp³-hybridized carbons (Fsp3) is 0.393. The molecule has 1 aliphatic carbocycles. The predicted octanol–water partition coefficient (Wildman–Crippen LogP) is 5.10. The number of nitro benzene ring substituents is 1. The zero-order valence-electron chi connectivity index (χ0n) is 20.9. The van der Waals surface area contributed by atoms with E-state index in [1.807, 2.05) is 44.2 Å². The topological polar surface area (TPSA) is 117 Å². The number of carbonyl (C=O) groups is 2. The minimum absolute atomic E-state index is 0.0629. The van der Waals surface area contributed by atoms with Crippen molar-refractivity contribution >= 4 is 23.2 Å². The highest BCUT2D eigenvalue weighted by Gasteiger charge is 2.47. The summed E-state index contributed by atoms with van der Waals surface area (Å²) < 4.78 is 16.5. The van der Waals surface area contributed by atoms with E-state index in [2.05, 4.69) is 0 Å². The van der Waals surface area contributed by atoms with Crippen molar-refractivity contribution in [2.75, 3.05) is 13.4 Å². The van der Waals surface area contributed by atoms with Crippen molar-refractivity contribution in [2.45, 2.75) is 45.4 Å². The van der Waals surface area contributed by atoms with E-state index in [1.54, 1.807) is 6.92 Å². The Kier molecular flexibility index (Phi) is 6.54. The molecule has 0 spiro atoms. The number of fused-ring (bicyclic) bond motifs is 1. The van der Waals surface area contributed by atoms with Crippen molar-refractivity contribution < 1.29 is 28.7 Å². The Morgan fingerprint density at radius 2 is 1.86 bits per heavy atom. The lowest BCUT2D eigenvalue weighted by atomic mass is 9.69. The van der Waals surface area contributed by atoms with Crippen LogP contribution in [-0.4, -0.2) is 35.8 Å². The summed E-state index contributed by atoms with van der Waals surface area (Å²) >= 11 is 0. The number of aliphatic imine (C=N–C) groups is 1. The van der Waals surface area contributed by atoms with Crippen molar-refractivity contribution in [3.63, 3.8) is 0 Å². The van der Waals surface area contributed by atoms with Gasteiger partial charge in [-0.15, -0.1) is 0 Å². The third-order valence-electron chi connectivity index (χ3n) is 7.03. The molecule has 3 aliphatic rings. The Morgan fingerprint density at radius 3 is 2.54 bits per heavy atom. The van der Waals surface area contributed by atoms with Crippen LogP contribution in [0.1, 0.15) is 56.6 Å². The van der Waals surface area contributed by atoms with E-state index in [4.69, 9.17) is 19.2 Å². The van der Waals surface area contributed by atoms with E-state index in [9.17, 15) is 19.7 Å². The Balaban J connectivity index is 1.65. The van der Waals surface area contributed by atoms with Crippen molar-refractivity contribution in [1.82, 2.24) is 0 Å². The number of rotatable bonds is 6. The van der Waals surface area contributed by atoms with Gasteiger partial charge in [0.05, 0.1) is 17.6 Å². The highest BCUT2D eigenvalue weighted by Crippen LogP contribution is 2.51. The zero-order valence-corrected chi connectivity index (χ0v) is 20.9. The van der Waals surface area contributed by atoms with Crippen LogP contribution in [0.2, 0.25) is 0 Å². The Hall–Kier alpha value is -4.01. The lowest BCUT2D eigenvalue weighted by Crippen LogP contribution is -2.38. The number of ketones is 1. The van der Waals surface area contributed by atoms with Crippen LogP contribution in [0.3, 0.4) is 0 Å². The van der Waals surface area contributed by atoms with Gasteiger partial charge in [-0.3, -0.25) is 24.7 Å². The van der Waals surface area contributed by atoms with E-state index in [0.717, 1.165) is 5.56 Å². The van der Waals surface area contributed by atoms with Gasteiger partial charge in [0.25, 0.3) is 5.69 Å². The summed E-state index contributed by atoms with van der Waals surface area (Å²) in [5.74, 6) is -2.02. The fourth-order valence-electron chi connectivity index (χ4n) is 5.35. The number of Topliss-reactive ketones (excluding diaryl/α,β-unsaturated/α-hetero) is 1. The molecule has 2 aromatic carbocycles. The van der Waals surface area contributed by atoms with Gasteiger partial charge in [0, 0.05) is 34.9 Å². The molecule has 1 unspecified atom stereocenters. The van der Waals surface area contributed by atoms with Gasteiger partial charge >= 0.3 is 5.97 Å². The molecule has 0 N–H and O–H groups in total. The van der Waals surface area contributed by atoms with Gasteiger partial charge in [0.2, 0.25) is 6.79 Å². The van der Waals surface area contributed by atoms with Crippen molar-refractivity contribution in [1.29, 1.82) is 0 Å². The molecule has 192 valence electrons. The molecule has 0 radical (unpaired) electrons. The van der Waals surface area contributed by atoms with Gasteiger partial charge in [0.1, 0.15) is 5.92 Å². The molecule has 2 aromatic rings. The van der Waals surface area contributed by atoms with E-state index >= 15 is 0 Å². The quantitative estimate of drug-likeness (QED) is 0.305. The van der Waals surface area contributed by atoms with Crippen LogP contribution in [0, 0.1) is 22.0 Å². The molecule has 9 heteroatoms. The summed E-state index contributed by atoms with van der Waals surface area (Å²) in [6.07, 6.45) is 0.713. The van der Waals surface area contributed by atoms with Gasteiger partial charge in [0.15, 0.2) is 17.3 Å². The molecule has 0 bridgehead atoms. The van der Waals surface area contributed by atoms with E-state index < -0.39 is 22.7 Å². The second kappa shape index (κ2) is 9.80. The first-order chi connectivity index (χ1) is 17.7. The van der Waals surface area contributed by atoms with Gasteiger partial charge in [-0.1, -0.05) is 44.2 Å². The number of benzene rings is 2. The number of nitrogens with zero attached hydrogens (tertiary/aromatic N) is 2. The Labute approximate surface area is 214 Å². The minimum Gasteiger partial charge on any atom is -0.465 e. The molecular formula is C28H28N2O7. The van der Waals surface area contributed by atoms with Crippen LogP contribution in [0.5, 0.6) is 11.5 Å². The summed E-state index contributed by atoms with van der Waals surface area (Å²) in [6.45, 7) is 5.68. The van der Waals surface area contributed by atoms with Gasteiger partial charge in [-0.05, 0) is 36.8 Å². The first-order valence-corrected chi connectivity index (χ1v) is 12.4. The first-order valence-electron chi connectivity index (χ1n) is 12.4. The maximum Gasteiger partial charge on any atom is 0.315 e. The van der Waals surface area contributed by atoms with Crippen LogP contribution in [0.4, 0.5) is 5.69 Å². The summed E-state index contributed by atoms with van der Waals surface area (Å²) in [7, 11) is 0. The smallest absolute Gasteiger partial charge is 0.315 e. The second-order valence-electron chi connectivity index (χ2n) is 10.1. The summed E-state index contributed by atoms with van der Waals surface area (Å²) in [6, 6.07) is 12.6. The summed E-state index contributed by atoms with van der Waals surface area (Å²) in [5, 5.41) is 12.2. The third kappa shape index (κ3) is 4.61. The van der Waals surface area contributed by atoms with Crippen LogP contribution in [0.25, 0.3) is 0 Å². The van der Waals surface area contributed by atoms with Gasteiger partial charge in [-0.2, -0.15) is 0 Å². The Morgan fingerprint density at radius 1 is 1.16 bits per heavy atom. The van der Waals surface area contributed by atoms with Crippen LogP contribution >= 0.6 is 0 Å². The summed E-state index contributed by atoms with van der Waals surface area (Å²) in [5.41, 5.74) is 2.37. The highest BCUT2D eigenvalue weighted by molar-refractivity contribution is 6.09. The maximum atomic E-state index is 13.7. The molecule has 2 aliphatic heterocycles. The van der Waals surface area contributed by atoms with Crippen molar-refractivity contribution in [2.24, 2.45) is 16.8 Å². The molecule has 0 saturated carbocycles. The number of nitro groups is 1. The molecular weight excluding hydrogens is 476 g/mol. The van der Waals surface area contributed by atoms with E-state index in [0.29, 0.717) is 29.2 Å². The average Bonchev–Trinajstić information content (AvgIpc) is 3.33. The van der Waals surface area contributed by atoms with Crippen LogP contribution in [0.15, 0.2) is 58.7 Å². The highest BCUT2D eigenvalue weighted by atomic mass is 16.7. The van der Waals surface area contributed by atoms with Crippen LogP contribution < -0.4 is 9.47 Å². The molecule has 0 aromatic heterocycles. The standard InChI is InChI=1S/C28H28N2O7/c1-15(2)13-35-28(32)25-16(3)29-20-9-18(17-7-5-4-6-8-17)10-22(31)27(20)26(25)19-11-23-24(37-14-36-23)12-21(19)30(33)34/h4-8,11-12,15,18,25-26H,9-10,13-14H2,1-3H3/t18-,25?,26+/m1/s1. The molecule has 0 amide bonds. The first kappa shape index (κ1) is 24.7. The van der Waals surface area contributed by atoms with Crippen molar-refractivity contribution in [3.8, 4) is 11.5 Å². The Bertz CT molecular complexity index is 1330. The number of allylic oxidation sites excluding steroid dienone is 2. The van der Waals surface area contributed by atoms with Crippen LogP contribution in [-0.2, 0) is 14.3 Å². The van der Waals surface area contributed by atoms with Crippen molar-refractivity contribution in [3.05, 3.63) is 75.0 Å². The molecule has 9 nitrogen and oxygen atoms in total. The molecule has 0 fully saturated rings. The number of esters is 1. The lowest BCUT2D eigenvalue weighted by molar-refractivity contribution is -0.385. The number of hydrogen-bond acceptors (Lipinski definition) is 8. The van der Waals surface area contributed by atoms with Gasteiger partial charge < -0.3 is 14.2 Å². The minimum atomic E-state index is -0.978. The monoisotopic (exact) mass is 504 g/mol. The molecule has 37 heavy (non-hydrogen) atoms. The lowest BCUT2D eigenvalue weighted by Gasteiger charge is -2.36. The largest absolute Gasteiger partial charge is 0.465 e. The summed E-state index contributed by atoms with van der Waals surface area (Å²) in [4.78, 5) is 43.6. The number of carbonyl (C=O) groups excluding carboxylic acids is 2. The maximum absolute atomic E-state index is 13.7. The number of hydrogen-bond donors (Lipinski definition) is 0. The normalized spacial score (nSPS) is 22.5. The van der Waals surface area contributed by atoms with Gasteiger partial charge in [-0.25, -0.2) is 0 Å². The average molecular weight is 505 g/mol. The third-order valence-corrected chi connectivity index (χ3v) is 7.03. The van der Waals surface area contributed by atoms with E-state index in [-0.39, 0.29) is 54.4 Å². The van der Waals surface area contributed by atoms with E-state index in [1.165, 1.54) is 12.1 Å². The SMILES string of the molecule is CC1=NC2=C(C(=O)C[C@H](c3ccccc3)C2)[C@@H](c2cc3c(cc2[N+](=O)[O-])OCO3)C1C(=O)OCC(C)C.